The minimum atomic E-state index is 0.385. The number of hydrogen-bond donors (Lipinski definition) is 1. The number of rotatable bonds is 6. The van der Waals surface area contributed by atoms with E-state index in [2.05, 4.69) is 43.0 Å². The highest BCUT2D eigenvalue weighted by atomic mass is 32.1. The molecule has 2 heterocycles. The van der Waals surface area contributed by atoms with E-state index in [1.54, 1.807) is 0 Å². The van der Waals surface area contributed by atoms with Crippen molar-refractivity contribution in [3.05, 3.63) is 21.9 Å². The number of nitrogens with zero attached hydrogens (tertiary/aromatic N) is 2. The maximum Gasteiger partial charge on any atom is 0.0562 e. The largest absolute Gasteiger partial charge is 0.329 e. The molecule has 2 unspecified atom stereocenters. The highest BCUT2D eigenvalue weighted by molar-refractivity contribution is 7.12. The Morgan fingerprint density at radius 2 is 2.32 bits per heavy atom. The van der Waals surface area contributed by atoms with Gasteiger partial charge in [-0.05, 0) is 51.5 Å². The molecule has 0 aromatic carbocycles. The van der Waals surface area contributed by atoms with Crippen molar-refractivity contribution >= 4 is 11.3 Å². The molecule has 1 aromatic rings. The van der Waals surface area contributed by atoms with Gasteiger partial charge in [0.05, 0.1) is 6.04 Å². The van der Waals surface area contributed by atoms with Crippen molar-refractivity contribution in [1.82, 2.24) is 9.80 Å². The Hall–Kier alpha value is -0.420. The number of likely N-dealkylation sites (tertiary alicyclic amines) is 1. The zero-order chi connectivity index (χ0) is 13.8. The molecule has 1 aliphatic heterocycles. The molecule has 0 spiro atoms. The van der Waals surface area contributed by atoms with E-state index >= 15 is 0 Å². The lowest BCUT2D eigenvalue weighted by Crippen LogP contribution is -2.34. The van der Waals surface area contributed by atoms with Crippen molar-refractivity contribution in [3.63, 3.8) is 0 Å². The van der Waals surface area contributed by atoms with Crippen LogP contribution in [0.1, 0.15) is 29.1 Å². The van der Waals surface area contributed by atoms with E-state index in [-0.39, 0.29) is 0 Å². The van der Waals surface area contributed by atoms with Crippen molar-refractivity contribution in [1.29, 1.82) is 0 Å². The van der Waals surface area contributed by atoms with Crippen LogP contribution < -0.4 is 5.73 Å². The Bertz CT molecular complexity index is 390. The van der Waals surface area contributed by atoms with Gasteiger partial charge in [0.25, 0.3) is 0 Å². The second-order valence-electron chi connectivity index (χ2n) is 5.77. The van der Waals surface area contributed by atoms with Crippen LogP contribution in [0.5, 0.6) is 0 Å². The normalized spacial score (nSPS) is 22.3. The summed E-state index contributed by atoms with van der Waals surface area (Å²) in [4.78, 5) is 7.77. The fourth-order valence-corrected chi connectivity index (χ4v) is 4.12. The van der Waals surface area contributed by atoms with Crippen LogP contribution in [0, 0.1) is 5.92 Å². The molecule has 4 heteroatoms. The number of aryl methyl sites for hydroxylation is 1. The summed E-state index contributed by atoms with van der Waals surface area (Å²) in [6.45, 7) is 6.55. The van der Waals surface area contributed by atoms with Gasteiger partial charge in [-0.25, -0.2) is 0 Å². The van der Waals surface area contributed by atoms with Crippen LogP contribution in [0.25, 0.3) is 0 Å². The summed E-state index contributed by atoms with van der Waals surface area (Å²) in [6, 6.07) is 4.90. The van der Waals surface area contributed by atoms with E-state index < -0.39 is 0 Å². The third-order valence-corrected chi connectivity index (χ3v) is 5.48. The first-order chi connectivity index (χ1) is 9.13. The first kappa shape index (κ1) is 15.0. The second-order valence-corrected chi connectivity index (χ2v) is 6.97. The van der Waals surface area contributed by atoms with E-state index in [0.717, 1.165) is 18.9 Å². The van der Waals surface area contributed by atoms with Crippen molar-refractivity contribution < 1.29 is 0 Å². The molecule has 3 nitrogen and oxygen atoms in total. The van der Waals surface area contributed by atoms with Crippen molar-refractivity contribution in [3.8, 4) is 0 Å². The van der Waals surface area contributed by atoms with E-state index in [9.17, 15) is 0 Å². The number of likely N-dealkylation sites (N-methyl/N-ethyl adjacent to an activating group) is 1. The first-order valence-corrected chi connectivity index (χ1v) is 8.13. The fraction of sp³-hybridized carbons (Fsp3) is 0.733. The SMILES string of the molecule is CCc1ccc(C(CN)N(C)CC2CCN(C)C2)s1. The number of thiophene rings is 1. The number of nitrogens with two attached hydrogens (primary N) is 1. The lowest BCUT2D eigenvalue weighted by atomic mass is 10.1. The van der Waals surface area contributed by atoms with E-state index in [0.29, 0.717) is 12.6 Å². The summed E-state index contributed by atoms with van der Waals surface area (Å²) in [5.41, 5.74) is 6.01. The van der Waals surface area contributed by atoms with Gasteiger partial charge in [-0.1, -0.05) is 6.92 Å². The molecule has 0 amide bonds. The summed E-state index contributed by atoms with van der Waals surface area (Å²) >= 11 is 1.92. The average Bonchev–Trinajstić information content (AvgIpc) is 3.00. The highest BCUT2D eigenvalue weighted by Crippen LogP contribution is 2.28. The third kappa shape index (κ3) is 3.78. The molecule has 1 fully saturated rings. The highest BCUT2D eigenvalue weighted by Gasteiger charge is 2.24. The van der Waals surface area contributed by atoms with Gasteiger partial charge >= 0.3 is 0 Å². The van der Waals surface area contributed by atoms with Gasteiger partial charge in [0.1, 0.15) is 0 Å². The van der Waals surface area contributed by atoms with Crippen molar-refractivity contribution in [2.75, 3.05) is 40.3 Å². The van der Waals surface area contributed by atoms with Crippen LogP contribution in [0.4, 0.5) is 0 Å². The van der Waals surface area contributed by atoms with E-state index in [4.69, 9.17) is 5.73 Å². The third-order valence-electron chi connectivity index (χ3n) is 4.15. The van der Waals surface area contributed by atoms with Gasteiger partial charge in [-0.3, -0.25) is 4.90 Å². The Balaban J connectivity index is 1.96. The van der Waals surface area contributed by atoms with Gasteiger partial charge in [0.15, 0.2) is 0 Å². The van der Waals surface area contributed by atoms with Crippen LogP contribution in [0.3, 0.4) is 0 Å². The smallest absolute Gasteiger partial charge is 0.0562 e. The van der Waals surface area contributed by atoms with Crippen LogP contribution in [0.15, 0.2) is 12.1 Å². The van der Waals surface area contributed by atoms with Crippen molar-refractivity contribution in [2.24, 2.45) is 11.7 Å². The van der Waals surface area contributed by atoms with Crippen LogP contribution in [-0.2, 0) is 6.42 Å². The summed E-state index contributed by atoms with van der Waals surface area (Å²) in [6.07, 6.45) is 2.45. The molecular formula is C15H27N3S. The van der Waals surface area contributed by atoms with Crippen LogP contribution in [0.2, 0.25) is 0 Å². The monoisotopic (exact) mass is 281 g/mol. The van der Waals surface area contributed by atoms with Gasteiger partial charge in [-0.2, -0.15) is 0 Å². The van der Waals surface area contributed by atoms with E-state index in [1.165, 1.54) is 29.3 Å². The summed E-state index contributed by atoms with van der Waals surface area (Å²) in [5, 5.41) is 0. The molecular weight excluding hydrogens is 254 g/mol. The van der Waals surface area contributed by atoms with Crippen LogP contribution in [-0.4, -0.2) is 50.1 Å². The zero-order valence-electron chi connectivity index (χ0n) is 12.4. The zero-order valence-corrected chi connectivity index (χ0v) is 13.2. The summed E-state index contributed by atoms with van der Waals surface area (Å²) < 4.78 is 0. The topological polar surface area (TPSA) is 32.5 Å². The quantitative estimate of drug-likeness (QED) is 0.867. The molecule has 1 aliphatic rings. The van der Waals surface area contributed by atoms with E-state index in [1.807, 2.05) is 11.3 Å². The van der Waals surface area contributed by atoms with Crippen molar-refractivity contribution in [2.45, 2.75) is 25.8 Å². The lowest BCUT2D eigenvalue weighted by molar-refractivity contribution is 0.214. The summed E-state index contributed by atoms with van der Waals surface area (Å²) in [7, 11) is 4.44. The molecule has 1 aromatic heterocycles. The Morgan fingerprint density at radius 3 is 2.84 bits per heavy atom. The van der Waals surface area contributed by atoms with Gasteiger partial charge in [0, 0.05) is 29.4 Å². The Kier molecular flexibility index (Phi) is 5.39. The predicted octanol–water partition coefficient (Wildman–Crippen LogP) is 2.19. The molecule has 2 N–H and O–H groups in total. The summed E-state index contributed by atoms with van der Waals surface area (Å²) in [5.74, 6) is 0.801. The lowest BCUT2D eigenvalue weighted by Gasteiger charge is -2.28. The Morgan fingerprint density at radius 1 is 1.53 bits per heavy atom. The molecule has 0 aliphatic carbocycles. The fourth-order valence-electron chi connectivity index (χ4n) is 2.99. The molecule has 0 bridgehead atoms. The van der Waals surface area contributed by atoms with Crippen LogP contribution >= 0.6 is 11.3 Å². The minimum Gasteiger partial charge on any atom is -0.329 e. The molecule has 0 saturated carbocycles. The maximum absolute atomic E-state index is 6.01. The predicted molar refractivity (Wildman–Crippen MR) is 83.7 cm³/mol. The average molecular weight is 281 g/mol. The molecule has 108 valence electrons. The van der Waals surface area contributed by atoms with Gasteiger partial charge in [-0.15, -0.1) is 11.3 Å². The molecule has 2 rings (SSSR count). The molecule has 1 saturated heterocycles. The standard InChI is InChI=1S/C15H27N3S/c1-4-13-5-6-15(19-13)14(9-16)18(3)11-12-7-8-17(2)10-12/h5-6,12,14H,4,7-11,16H2,1-3H3. The minimum absolute atomic E-state index is 0.385. The molecule has 0 radical (unpaired) electrons. The van der Waals surface area contributed by atoms with Gasteiger partial charge in [0.2, 0.25) is 0 Å². The molecule has 19 heavy (non-hydrogen) atoms. The van der Waals surface area contributed by atoms with Gasteiger partial charge < -0.3 is 10.6 Å². The maximum atomic E-state index is 6.01. The Labute approximate surface area is 121 Å². The first-order valence-electron chi connectivity index (χ1n) is 7.31. The number of hydrogen-bond acceptors (Lipinski definition) is 4. The second kappa shape index (κ2) is 6.84. The molecule has 2 atom stereocenters.